The van der Waals surface area contributed by atoms with E-state index in [0.717, 1.165) is 29.8 Å². The Hall–Kier alpha value is -2.76. The van der Waals surface area contributed by atoms with E-state index in [2.05, 4.69) is 24.5 Å². The van der Waals surface area contributed by atoms with Crippen molar-refractivity contribution in [2.24, 2.45) is 5.41 Å². The Kier molecular flexibility index (Phi) is 8.31. The first-order valence-electron chi connectivity index (χ1n) is 9.73. The maximum absolute atomic E-state index is 12.3. The van der Waals surface area contributed by atoms with Gasteiger partial charge in [-0.3, -0.25) is 10.2 Å². The Morgan fingerprint density at radius 1 is 1.10 bits per heavy atom. The summed E-state index contributed by atoms with van der Waals surface area (Å²) in [5, 5.41) is 14.3. The van der Waals surface area contributed by atoms with Gasteiger partial charge >= 0.3 is 0 Å². The standard InChI is InChI=1S/C24H31N3O2/c1-18(20-8-6-5-7-9-20)14-22(25)23(28)27-21-12-10-19(11-13-21)15-26-16-24(2,3)17-29-4/h5-14,25-26H,15-17H2,1-4H3,(H,27,28)/b18-14+,25-22?. The van der Waals surface area contributed by atoms with Crippen LogP contribution in [0.3, 0.4) is 0 Å². The fourth-order valence-corrected chi connectivity index (χ4v) is 2.96. The Labute approximate surface area is 173 Å². The molecule has 2 aromatic rings. The average Bonchev–Trinajstić information content (AvgIpc) is 2.69. The quantitative estimate of drug-likeness (QED) is 0.520. The predicted molar refractivity (Wildman–Crippen MR) is 120 cm³/mol. The molecule has 5 nitrogen and oxygen atoms in total. The highest BCUT2D eigenvalue weighted by Crippen LogP contribution is 2.15. The minimum Gasteiger partial charge on any atom is -0.384 e. The molecule has 2 rings (SSSR count). The predicted octanol–water partition coefficient (Wildman–Crippen LogP) is 4.51. The number of carbonyl (C=O) groups excluding carboxylic acids is 1. The lowest BCUT2D eigenvalue weighted by Gasteiger charge is -2.24. The van der Waals surface area contributed by atoms with Gasteiger partial charge in [-0.05, 0) is 41.8 Å². The monoisotopic (exact) mass is 393 g/mol. The van der Waals surface area contributed by atoms with E-state index in [0.29, 0.717) is 12.3 Å². The number of hydrogen-bond donors (Lipinski definition) is 3. The SMILES string of the molecule is COCC(C)(C)CNCc1ccc(NC(=O)C(=N)/C=C(\C)c2ccccc2)cc1. The van der Waals surface area contributed by atoms with Crippen molar-refractivity contribution in [3.63, 3.8) is 0 Å². The summed E-state index contributed by atoms with van der Waals surface area (Å²) in [6, 6.07) is 17.4. The number of anilines is 1. The van der Waals surface area contributed by atoms with Gasteiger partial charge in [-0.1, -0.05) is 56.3 Å². The Morgan fingerprint density at radius 2 is 1.76 bits per heavy atom. The fraction of sp³-hybridized carbons (Fsp3) is 0.333. The molecule has 0 heterocycles. The number of amides is 1. The number of nitrogens with one attached hydrogen (secondary N) is 3. The summed E-state index contributed by atoms with van der Waals surface area (Å²) >= 11 is 0. The smallest absolute Gasteiger partial charge is 0.273 e. The van der Waals surface area contributed by atoms with Gasteiger partial charge in [0.05, 0.1) is 6.61 Å². The van der Waals surface area contributed by atoms with Gasteiger partial charge in [0.25, 0.3) is 5.91 Å². The van der Waals surface area contributed by atoms with Crippen LogP contribution in [0.5, 0.6) is 0 Å². The van der Waals surface area contributed by atoms with Crippen LogP contribution < -0.4 is 10.6 Å². The van der Waals surface area contributed by atoms with E-state index in [4.69, 9.17) is 10.1 Å². The molecule has 3 N–H and O–H groups in total. The topological polar surface area (TPSA) is 74.2 Å². The molecule has 0 radical (unpaired) electrons. The van der Waals surface area contributed by atoms with Crippen molar-refractivity contribution in [1.82, 2.24) is 5.32 Å². The lowest BCUT2D eigenvalue weighted by atomic mass is 9.95. The molecule has 5 heteroatoms. The van der Waals surface area contributed by atoms with Crippen molar-refractivity contribution in [2.45, 2.75) is 27.3 Å². The van der Waals surface area contributed by atoms with Crippen molar-refractivity contribution in [2.75, 3.05) is 25.6 Å². The van der Waals surface area contributed by atoms with E-state index >= 15 is 0 Å². The van der Waals surface area contributed by atoms with Crippen LogP contribution in [0, 0.1) is 10.8 Å². The molecular weight excluding hydrogens is 362 g/mol. The van der Waals surface area contributed by atoms with E-state index in [1.54, 1.807) is 13.2 Å². The van der Waals surface area contributed by atoms with E-state index in [1.165, 1.54) is 0 Å². The molecule has 0 spiro atoms. The third-order valence-corrected chi connectivity index (χ3v) is 4.51. The van der Waals surface area contributed by atoms with Gasteiger partial charge < -0.3 is 15.4 Å². The Bertz CT molecular complexity index is 840. The molecule has 0 aliphatic carbocycles. The molecule has 0 saturated carbocycles. The van der Waals surface area contributed by atoms with E-state index in [9.17, 15) is 4.79 Å². The molecule has 0 aliphatic rings. The van der Waals surface area contributed by atoms with E-state index in [-0.39, 0.29) is 11.1 Å². The zero-order chi connectivity index (χ0) is 21.3. The minimum atomic E-state index is -0.424. The first kappa shape index (κ1) is 22.5. The maximum Gasteiger partial charge on any atom is 0.273 e. The van der Waals surface area contributed by atoms with Crippen molar-refractivity contribution < 1.29 is 9.53 Å². The van der Waals surface area contributed by atoms with Gasteiger partial charge in [0.1, 0.15) is 5.71 Å². The molecule has 0 bridgehead atoms. The number of ether oxygens (including phenoxy) is 1. The highest BCUT2D eigenvalue weighted by molar-refractivity contribution is 6.46. The zero-order valence-corrected chi connectivity index (χ0v) is 17.7. The van der Waals surface area contributed by atoms with Crippen LogP contribution in [0.1, 0.15) is 31.9 Å². The molecule has 1 amide bonds. The lowest BCUT2D eigenvalue weighted by Crippen LogP contribution is -2.32. The minimum absolute atomic E-state index is 0.0718. The summed E-state index contributed by atoms with van der Waals surface area (Å²) in [6.45, 7) is 8.51. The van der Waals surface area contributed by atoms with Gasteiger partial charge in [-0.15, -0.1) is 0 Å². The van der Waals surface area contributed by atoms with Gasteiger partial charge in [0, 0.05) is 31.3 Å². The largest absolute Gasteiger partial charge is 0.384 e. The van der Waals surface area contributed by atoms with Gasteiger partial charge in [-0.2, -0.15) is 0 Å². The third kappa shape index (κ3) is 7.64. The van der Waals surface area contributed by atoms with Crippen LogP contribution in [0.2, 0.25) is 0 Å². The molecule has 0 atom stereocenters. The summed E-state index contributed by atoms with van der Waals surface area (Å²) in [5.74, 6) is -0.424. The highest BCUT2D eigenvalue weighted by Gasteiger charge is 2.16. The second-order valence-corrected chi connectivity index (χ2v) is 7.96. The van der Waals surface area contributed by atoms with Crippen LogP contribution in [-0.4, -0.2) is 31.9 Å². The number of rotatable bonds is 10. The molecule has 0 saturated heterocycles. The molecule has 0 aromatic heterocycles. The molecule has 0 unspecified atom stereocenters. The lowest BCUT2D eigenvalue weighted by molar-refractivity contribution is -0.110. The van der Waals surface area contributed by atoms with Crippen LogP contribution in [0.4, 0.5) is 5.69 Å². The van der Waals surface area contributed by atoms with Crippen molar-refractivity contribution >= 4 is 22.9 Å². The second-order valence-electron chi connectivity index (χ2n) is 7.96. The second kappa shape index (κ2) is 10.7. The molecule has 154 valence electrons. The van der Waals surface area contributed by atoms with Crippen LogP contribution in [-0.2, 0) is 16.1 Å². The number of allylic oxidation sites excluding steroid dienone is 1. The molecule has 0 aliphatic heterocycles. The summed E-state index contributed by atoms with van der Waals surface area (Å²) < 4.78 is 5.23. The zero-order valence-electron chi connectivity index (χ0n) is 17.7. The molecule has 29 heavy (non-hydrogen) atoms. The van der Waals surface area contributed by atoms with Gasteiger partial charge in [-0.25, -0.2) is 0 Å². The number of benzene rings is 2. The van der Waals surface area contributed by atoms with E-state index < -0.39 is 5.91 Å². The number of carbonyl (C=O) groups is 1. The summed E-state index contributed by atoms with van der Waals surface area (Å²) in [4.78, 5) is 12.3. The number of methoxy groups -OCH3 is 1. The van der Waals surface area contributed by atoms with E-state index in [1.807, 2.05) is 61.5 Å². The van der Waals surface area contributed by atoms with Crippen LogP contribution in [0.25, 0.3) is 5.57 Å². The van der Waals surface area contributed by atoms with Gasteiger partial charge in [0.2, 0.25) is 0 Å². The Morgan fingerprint density at radius 3 is 2.38 bits per heavy atom. The first-order valence-corrected chi connectivity index (χ1v) is 9.73. The normalized spacial score (nSPS) is 11.9. The molecule has 2 aromatic carbocycles. The fourth-order valence-electron chi connectivity index (χ4n) is 2.96. The van der Waals surface area contributed by atoms with Crippen LogP contribution >= 0.6 is 0 Å². The summed E-state index contributed by atoms with van der Waals surface area (Å²) in [6.07, 6.45) is 1.59. The maximum atomic E-state index is 12.3. The summed E-state index contributed by atoms with van der Waals surface area (Å²) in [7, 11) is 1.72. The Balaban J connectivity index is 1.87. The molecular formula is C24H31N3O2. The molecule has 0 fully saturated rings. The average molecular weight is 394 g/mol. The van der Waals surface area contributed by atoms with Crippen molar-refractivity contribution in [3.05, 3.63) is 71.8 Å². The first-order chi connectivity index (χ1) is 13.8. The van der Waals surface area contributed by atoms with Crippen LogP contribution in [0.15, 0.2) is 60.7 Å². The van der Waals surface area contributed by atoms with Gasteiger partial charge in [0.15, 0.2) is 0 Å². The summed E-state index contributed by atoms with van der Waals surface area (Å²) in [5.41, 5.74) is 3.69. The third-order valence-electron chi connectivity index (χ3n) is 4.51. The van der Waals surface area contributed by atoms with Crippen molar-refractivity contribution in [3.8, 4) is 0 Å². The number of hydrogen-bond acceptors (Lipinski definition) is 4. The van der Waals surface area contributed by atoms with Crippen molar-refractivity contribution in [1.29, 1.82) is 5.41 Å². The highest BCUT2D eigenvalue weighted by atomic mass is 16.5.